The van der Waals surface area contributed by atoms with Gasteiger partial charge in [0.1, 0.15) is 5.60 Å². The van der Waals surface area contributed by atoms with Gasteiger partial charge in [-0.1, -0.05) is 25.1 Å². The molecule has 0 N–H and O–H groups in total. The van der Waals surface area contributed by atoms with Crippen molar-refractivity contribution in [3.63, 3.8) is 0 Å². The molecular formula is C25H26N4O7. The third-order valence-corrected chi connectivity index (χ3v) is 5.45. The number of hydrogen-bond acceptors (Lipinski definition) is 8. The summed E-state index contributed by atoms with van der Waals surface area (Å²) in [5.41, 5.74) is -0.132. The molecule has 1 aliphatic heterocycles. The van der Waals surface area contributed by atoms with Crippen LogP contribution in [0.3, 0.4) is 0 Å². The van der Waals surface area contributed by atoms with Crippen LogP contribution in [0.1, 0.15) is 62.9 Å². The van der Waals surface area contributed by atoms with Gasteiger partial charge < -0.3 is 4.74 Å². The van der Waals surface area contributed by atoms with Gasteiger partial charge >= 0.3 is 5.97 Å². The number of non-ortho nitro benzene ring substituents is 2. The maximum atomic E-state index is 13.4. The van der Waals surface area contributed by atoms with Crippen LogP contribution in [0, 0.1) is 20.2 Å². The van der Waals surface area contributed by atoms with Crippen LogP contribution in [0.4, 0.5) is 11.4 Å². The monoisotopic (exact) mass is 494 g/mol. The average molecular weight is 495 g/mol. The molecular weight excluding hydrogens is 468 g/mol. The van der Waals surface area contributed by atoms with Gasteiger partial charge in [0.25, 0.3) is 17.3 Å². The molecule has 1 atom stereocenters. The zero-order valence-corrected chi connectivity index (χ0v) is 20.5. The Morgan fingerprint density at radius 3 is 2.17 bits per heavy atom. The summed E-state index contributed by atoms with van der Waals surface area (Å²) in [6.07, 6.45) is 0.311. The molecule has 0 bridgehead atoms. The van der Waals surface area contributed by atoms with Crippen LogP contribution in [-0.2, 0) is 9.53 Å². The van der Waals surface area contributed by atoms with Crippen molar-refractivity contribution in [1.29, 1.82) is 0 Å². The highest BCUT2D eigenvalue weighted by molar-refractivity contribution is 6.07. The second-order valence-electron chi connectivity index (χ2n) is 9.16. The molecule has 2 aromatic carbocycles. The van der Waals surface area contributed by atoms with E-state index in [9.17, 15) is 29.8 Å². The van der Waals surface area contributed by atoms with E-state index in [4.69, 9.17) is 4.74 Å². The first-order valence-electron chi connectivity index (χ1n) is 11.2. The molecule has 36 heavy (non-hydrogen) atoms. The van der Waals surface area contributed by atoms with Gasteiger partial charge in [0, 0.05) is 29.8 Å². The number of amides is 1. The molecule has 11 nitrogen and oxygen atoms in total. The number of esters is 1. The van der Waals surface area contributed by atoms with Crippen LogP contribution in [0.5, 0.6) is 0 Å². The molecule has 0 spiro atoms. The summed E-state index contributed by atoms with van der Waals surface area (Å²) in [4.78, 5) is 48.3. The highest BCUT2D eigenvalue weighted by Crippen LogP contribution is 2.38. The molecule has 188 valence electrons. The fraction of sp³-hybridized carbons (Fsp3) is 0.320. The molecule has 0 saturated heterocycles. The summed E-state index contributed by atoms with van der Waals surface area (Å²) in [7, 11) is 0. The Kier molecular flexibility index (Phi) is 7.32. The van der Waals surface area contributed by atoms with E-state index in [1.54, 1.807) is 33.8 Å². The first-order valence-corrected chi connectivity index (χ1v) is 11.2. The molecule has 0 aliphatic carbocycles. The number of hydrogen-bond donors (Lipinski definition) is 0. The predicted octanol–water partition coefficient (Wildman–Crippen LogP) is 5.12. The van der Waals surface area contributed by atoms with E-state index in [1.165, 1.54) is 43.3 Å². The third-order valence-electron chi connectivity index (χ3n) is 5.45. The van der Waals surface area contributed by atoms with E-state index in [-0.39, 0.29) is 28.2 Å². The van der Waals surface area contributed by atoms with Gasteiger partial charge in [-0.25, -0.2) is 9.80 Å². The fourth-order valence-electron chi connectivity index (χ4n) is 3.87. The average Bonchev–Trinajstić information content (AvgIpc) is 2.82. The molecule has 0 saturated carbocycles. The number of rotatable bonds is 6. The number of carbonyl (C=O) groups excluding carboxylic acids is 2. The SMILES string of the molecule is CCC1=NN(C(=O)c2cccc([N+](=O)[O-])c2)C(C)=C(C(=O)OC(C)(C)C)C1c1cccc([N+](=O)[O-])c1. The summed E-state index contributed by atoms with van der Waals surface area (Å²) >= 11 is 0. The Bertz CT molecular complexity index is 1310. The molecule has 2 aromatic rings. The minimum absolute atomic E-state index is 0.0140. The molecule has 1 aliphatic rings. The Balaban J connectivity index is 2.20. The van der Waals surface area contributed by atoms with Crippen LogP contribution >= 0.6 is 0 Å². The zero-order chi connectivity index (χ0) is 26.8. The first kappa shape index (κ1) is 26.2. The van der Waals surface area contributed by atoms with E-state index < -0.39 is 33.2 Å². The van der Waals surface area contributed by atoms with Crippen molar-refractivity contribution in [2.24, 2.45) is 5.10 Å². The van der Waals surface area contributed by atoms with E-state index in [0.29, 0.717) is 17.7 Å². The number of nitrogens with zero attached hydrogens (tertiary/aromatic N) is 4. The van der Waals surface area contributed by atoms with E-state index in [2.05, 4.69) is 5.10 Å². The minimum atomic E-state index is -0.854. The lowest BCUT2D eigenvalue weighted by molar-refractivity contribution is -0.385. The van der Waals surface area contributed by atoms with Gasteiger partial charge in [0.2, 0.25) is 0 Å². The lowest BCUT2D eigenvalue weighted by atomic mass is 9.83. The predicted molar refractivity (Wildman–Crippen MR) is 131 cm³/mol. The molecule has 0 fully saturated rings. The van der Waals surface area contributed by atoms with Gasteiger partial charge in [-0.05, 0) is 45.7 Å². The fourth-order valence-corrected chi connectivity index (χ4v) is 3.87. The summed E-state index contributed by atoms with van der Waals surface area (Å²) in [5, 5.41) is 28.1. The smallest absolute Gasteiger partial charge is 0.337 e. The standard InChI is InChI=1S/C25H26N4O7/c1-6-20-22(16-9-7-11-18(13-16)28(32)33)21(24(31)36-25(3,4)5)15(2)27(26-20)23(30)17-10-8-12-19(14-17)29(34)35/h7-14,22H,6H2,1-5H3. The van der Waals surface area contributed by atoms with Gasteiger partial charge in [0.05, 0.1) is 32.7 Å². The van der Waals surface area contributed by atoms with Crippen LogP contribution in [0.25, 0.3) is 0 Å². The zero-order valence-electron chi connectivity index (χ0n) is 20.5. The van der Waals surface area contributed by atoms with Crippen molar-refractivity contribution in [2.75, 3.05) is 0 Å². The van der Waals surface area contributed by atoms with Crippen LogP contribution in [0.15, 0.2) is 64.9 Å². The van der Waals surface area contributed by atoms with Crippen molar-refractivity contribution in [3.05, 3.63) is 91.2 Å². The highest BCUT2D eigenvalue weighted by atomic mass is 16.6. The highest BCUT2D eigenvalue weighted by Gasteiger charge is 2.39. The molecule has 1 unspecified atom stereocenters. The summed E-state index contributed by atoms with van der Waals surface area (Å²) in [6, 6.07) is 11.1. The van der Waals surface area contributed by atoms with Gasteiger partial charge in [-0.2, -0.15) is 5.10 Å². The molecule has 0 aromatic heterocycles. The largest absolute Gasteiger partial charge is 0.457 e. The molecule has 1 heterocycles. The van der Waals surface area contributed by atoms with Crippen molar-refractivity contribution >= 4 is 29.0 Å². The Hall–Kier alpha value is -4.41. The Labute approximate surface area is 207 Å². The lowest BCUT2D eigenvalue weighted by Crippen LogP contribution is -2.38. The lowest BCUT2D eigenvalue weighted by Gasteiger charge is -2.33. The van der Waals surface area contributed by atoms with Gasteiger partial charge in [0.15, 0.2) is 0 Å². The maximum absolute atomic E-state index is 13.4. The molecule has 11 heteroatoms. The Morgan fingerprint density at radius 2 is 1.61 bits per heavy atom. The number of allylic oxidation sites excluding steroid dienone is 1. The quantitative estimate of drug-likeness (QED) is 0.307. The van der Waals surface area contributed by atoms with E-state index in [0.717, 1.165) is 11.1 Å². The second kappa shape index (κ2) is 10.1. The van der Waals surface area contributed by atoms with Crippen LogP contribution in [0.2, 0.25) is 0 Å². The number of ether oxygens (including phenoxy) is 1. The normalized spacial score (nSPS) is 15.9. The number of nitro benzene ring substituents is 2. The third kappa shape index (κ3) is 5.45. The number of hydrazone groups is 1. The molecule has 0 radical (unpaired) electrons. The first-order chi connectivity index (χ1) is 16.8. The van der Waals surface area contributed by atoms with Crippen molar-refractivity contribution in [3.8, 4) is 0 Å². The van der Waals surface area contributed by atoms with Gasteiger partial charge in [-0.15, -0.1) is 0 Å². The van der Waals surface area contributed by atoms with E-state index in [1.807, 2.05) is 0 Å². The number of benzene rings is 2. The number of carbonyl (C=O) groups is 2. The van der Waals surface area contributed by atoms with Gasteiger partial charge in [-0.3, -0.25) is 25.0 Å². The van der Waals surface area contributed by atoms with Crippen molar-refractivity contribution < 1.29 is 24.2 Å². The minimum Gasteiger partial charge on any atom is -0.457 e. The van der Waals surface area contributed by atoms with Crippen molar-refractivity contribution in [1.82, 2.24) is 5.01 Å². The molecule has 1 amide bonds. The van der Waals surface area contributed by atoms with Crippen LogP contribution in [-0.4, -0.2) is 38.0 Å². The topological polar surface area (TPSA) is 145 Å². The maximum Gasteiger partial charge on any atom is 0.337 e. The summed E-state index contributed by atoms with van der Waals surface area (Å²) in [6.45, 7) is 8.41. The summed E-state index contributed by atoms with van der Waals surface area (Å²) in [5.74, 6) is -2.16. The van der Waals surface area contributed by atoms with Crippen molar-refractivity contribution in [2.45, 2.75) is 52.6 Å². The number of nitro groups is 2. The second-order valence-corrected chi connectivity index (χ2v) is 9.16. The van der Waals surface area contributed by atoms with Crippen LogP contribution < -0.4 is 0 Å². The molecule has 3 rings (SSSR count). The van der Waals surface area contributed by atoms with E-state index >= 15 is 0 Å². The summed E-state index contributed by atoms with van der Waals surface area (Å²) < 4.78 is 5.64. The Morgan fingerprint density at radius 1 is 1.03 bits per heavy atom.